The molecule has 96 valence electrons. The lowest BCUT2D eigenvalue weighted by molar-refractivity contribution is -0.144. The first kappa shape index (κ1) is 13.3. The van der Waals surface area contributed by atoms with Crippen LogP contribution in [0.15, 0.2) is 22.7 Å². The standard InChI is InChI=1S/C10H6BrF3N2OS/c1-5-2-3-7(6(11)4-5)17-9-15-8(16-18-9)10(12,13)14/h2-4H,1H3. The van der Waals surface area contributed by atoms with E-state index in [-0.39, 0.29) is 5.19 Å². The molecule has 0 aliphatic heterocycles. The summed E-state index contributed by atoms with van der Waals surface area (Å²) in [6, 6.07) is 5.22. The van der Waals surface area contributed by atoms with Crippen LogP contribution in [0, 0.1) is 6.92 Å². The van der Waals surface area contributed by atoms with Crippen LogP contribution < -0.4 is 4.74 Å². The average Bonchev–Trinajstić information content (AvgIpc) is 2.70. The zero-order valence-electron chi connectivity index (χ0n) is 8.95. The molecule has 0 N–H and O–H groups in total. The smallest absolute Gasteiger partial charge is 0.429 e. The average molecular weight is 339 g/mol. The molecule has 3 nitrogen and oxygen atoms in total. The predicted molar refractivity (Wildman–Crippen MR) is 63.9 cm³/mol. The summed E-state index contributed by atoms with van der Waals surface area (Å²) < 4.78 is 45.9. The van der Waals surface area contributed by atoms with Gasteiger partial charge in [-0.05, 0) is 40.5 Å². The first-order chi connectivity index (χ1) is 8.36. The molecule has 0 saturated carbocycles. The maximum atomic E-state index is 12.3. The van der Waals surface area contributed by atoms with Gasteiger partial charge in [0, 0.05) is 11.5 Å². The second-order valence-electron chi connectivity index (χ2n) is 3.42. The Kier molecular flexibility index (Phi) is 3.58. The van der Waals surface area contributed by atoms with Gasteiger partial charge >= 0.3 is 6.18 Å². The van der Waals surface area contributed by atoms with E-state index in [2.05, 4.69) is 25.3 Å². The van der Waals surface area contributed by atoms with Crippen molar-refractivity contribution in [3.8, 4) is 10.9 Å². The molecule has 1 heterocycles. The molecule has 0 amide bonds. The van der Waals surface area contributed by atoms with E-state index in [0.29, 0.717) is 21.8 Å². The van der Waals surface area contributed by atoms with Crippen molar-refractivity contribution in [2.45, 2.75) is 13.1 Å². The van der Waals surface area contributed by atoms with Crippen molar-refractivity contribution in [3.63, 3.8) is 0 Å². The van der Waals surface area contributed by atoms with E-state index in [4.69, 9.17) is 4.74 Å². The monoisotopic (exact) mass is 338 g/mol. The summed E-state index contributed by atoms with van der Waals surface area (Å²) in [5.74, 6) is -0.795. The number of benzene rings is 1. The van der Waals surface area contributed by atoms with Crippen LogP contribution in [0.25, 0.3) is 0 Å². The highest BCUT2D eigenvalue weighted by molar-refractivity contribution is 9.10. The van der Waals surface area contributed by atoms with Crippen molar-refractivity contribution < 1.29 is 17.9 Å². The Balaban J connectivity index is 2.21. The normalized spacial score (nSPS) is 11.6. The minimum atomic E-state index is -4.55. The van der Waals surface area contributed by atoms with Gasteiger partial charge in [0.2, 0.25) is 0 Å². The number of rotatable bonds is 2. The molecular formula is C10H6BrF3N2OS. The molecule has 8 heteroatoms. The van der Waals surface area contributed by atoms with Gasteiger partial charge in [-0.3, -0.25) is 0 Å². The zero-order chi connectivity index (χ0) is 13.3. The summed E-state index contributed by atoms with van der Waals surface area (Å²) in [4.78, 5) is 3.28. The van der Waals surface area contributed by atoms with Crippen molar-refractivity contribution in [1.29, 1.82) is 0 Å². The fourth-order valence-corrected chi connectivity index (χ4v) is 2.29. The fraction of sp³-hybridized carbons (Fsp3) is 0.200. The largest absolute Gasteiger partial charge is 0.452 e. The Morgan fingerprint density at radius 3 is 2.61 bits per heavy atom. The van der Waals surface area contributed by atoms with Crippen molar-refractivity contribution in [3.05, 3.63) is 34.1 Å². The second-order valence-corrected chi connectivity index (χ2v) is 4.99. The molecule has 0 spiro atoms. The number of hydrogen-bond acceptors (Lipinski definition) is 4. The summed E-state index contributed by atoms with van der Waals surface area (Å²) in [5, 5.41) is -0.146. The predicted octanol–water partition coefficient (Wildman–Crippen LogP) is 4.42. The van der Waals surface area contributed by atoms with E-state index in [1.54, 1.807) is 18.2 Å². The molecule has 0 aliphatic carbocycles. The Labute approximate surface area is 113 Å². The lowest BCUT2D eigenvalue weighted by Crippen LogP contribution is -2.06. The molecule has 0 bridgehead atoms. The van der Waals surface area contributed by atoms with Crippen molar-refractivity contribution in [2.24, 2.45) is 0 Å². The Morgan fingerprint density at radius 1 is 1.33 bits per heavy atom. The van der Waals surface area contributed by atoms with Crippen LogP contribution in [-0.4, -0.2) is 9.36 Å². The van der Waals surface area contributed by atoms with Crippen LogP contribution in [0.1, 0.15) is 11.4 Å². The molecule has 1 aromatic heterocycles. The Bertz CT molecular complexity index is 570. The second kappa shape index (κ2) is 4.85. The topological polar surface area (TPSA) is 35.0 Å². The Hall–Kier alpha value is -1.15. The SMILES string of the molecule is Cc1ccc(Oc2nc(C(F)(F)F)ns2)c(Br)c1. The van der Waals surface area contributed by atoms with Crippen molar-refractivity contribution >= 4 is 27.5 Å². The summed E-state index contributed by atoms with van der Waals surface area (Å²) >= 11 is 3.82. The molecule has 2 aromatic rings. The molecule has 0 fully saturated rings. The van der Waals surface area contributed by atoms with Gasteiger partial charge < -0.3 is 4.74 Å². The summed E-state index contributed by atoms with van der Waals surface area (Å²) in [7, 11) is 0. The maximum absolute atomic E-state index is 12.3. The summed E-state index contributed by atoms with van der Waals surface area (Å²) in [6.45, 7) is 1.89. The quantitative estimate of drug-likeness (QED) is 0.812. The molecule has 2 rings (SSSR count). The first-order valence-corrected chi connectivity index (χ1v) is 6.28. The van der Waals surface area contributed by atoms with Crippen LogP contribution >= 0.6 is 27.5 Å². The highest BCUT2D eigenvalue weighted by Crippen LogP contribution is 2.34. The summed E-state index contributed by atoms with van der Waals surface area (Å²) in [5.41, 5.74) is 1.00. The van der Waals surface area contributed by atoms with Crippen molar-refractivity contribution in [2.75, 3.05) is 0 Å². The molecule has 0 aliphatic rings. The van der Waals surface area contributed by atoms with Crippen LogP contribution in [0.5, 0.6) is 10.9 Å². The van der Waals surface area contributed by atoms with Gasteiger partial charge in [0.05, 0.1) is 4.47 Å². The molecule has 0 atom stereocenters. The van der Waals surface area contributed by atoms with Gasteiger partial charge in [-0.25, -0.2) is 0 Å². The van der Waals surface area contributed by atoms with E-state index >= 15 is 0 Å². The van der Waals surface area contributed by atoms with Crippen molar-refractivity contribution in [1.82, 2.24) is 9.36 Å². The van der Waals surface area contributed by atoms with Gasteiger partial charge in [0.1, 0.15) is 5.75 Å². The van der Waals surface area contributed by atoms with Crippen LogP contribution in [0.3, 0.4) is 0 Å². The van der Waals surface area contributed by atoms with Crippen LogP contribution in [0.2, 0.25) is 0 Å². The zero-order valence-corrected chi connectivity index (χ0v) is 11.4. The number of hydrogen-bond donors (Lipinski definition) is 0. The van der Waals surface area contributed by atoms with E-state index in [0.717, 1.165) is 5.56 Å². The number of aromatic nitrogens is 2. The minimum absolute atomic E-state index is 0.146. The van der Waals surface area contributed by atoms with Gasteiger partial charge in [-0.2, -0.15) is 22.5 Å². The number of aryl methyl sites for hydroxylation is 1. The highest BCUT2D eigenvalue weighted by atomic mass is 79.9. The lowest BCUT2D eigenvalue weighted by atomic mass is 10.2. The molecule has 1 aromatic carbocycles. The molecular weight excluding hydrogens is 333 g/mol. The van der Waals surface area contributed by atoms with Crippen LogP contribution in [-0.2, 0) is 6.18 Å². The number of ether oxygens (including phenoxy) is 1. The lowest BCUT2D eigenvalue weighted by Gasteiger charge is -2.04. The number of alkyl halides is 3. The third kappa shape index (κ3) is 2.99. The third-order valence-electron chi connectivity index (χ3n) is 1.95. The third-order valence-corrected chi connectivity index (χ3v) is 3.16. The van der Waals surface area contributed by atoms with E-state index in [1.807, 2.05) is 6.92 Å². The minimum Gasteiger partial charge on any atom is -0.429 e. The summed E-state index contributed by atoms with van der Waals surface area (Å²) in [6.07, 6.45) is -4.55. The van der Waals surface area contributed by atoms with Gasteiger partial charge in [0.25, 0.3) is 11.0 Å². The fourth-order valence-electron chi connectivity index (χ4n) is 1.15. The molecule has 18 heavy (non-hydrogen) atoms. The van der Waals surface area contributed by atoms with E-state index in [1.165, 1.54) is 0 Å². The number of nitrogens with zero attached hydrogens (tertiary/aromatic N) is 2. The van der Waals surface area contributed by atoms with Gasteiger partial charge in [0.15, 0.2) is 0 Å². The Morgan fingerprint density at radius 2 is 2.06 bits per heavy atom. The molecule has 0 unspecified atom stereocenters. The van der Waals surface area contributed by atoms with Crippen LogP contribution in [0.4, 0.5) is 13.2 Å². The first-order valence-electron chi connectivity index (χ1n) is 4.71. The molecule has 0 radical (unpaired) electrons. The van der Waals surface area contributed by atoms with Gasteiger partial charge in [-0.15, -0.1) is 0 Å². The maximum Gasteiger partial charge on any atom is 0.452 e. The van der Waals surface area contributed by atoms with E-state index < -0.39 is 12.0 Å². The number of halogens is 4. The van der Waals surface area contributed by atoms with Gasteiger partial charge in [-0.1, -0.05) is 6.07 Å². The molecule has 0 saturated heterocycles. The van der Waals surface area contributed by atoms with E-state index in [9.17, 15) is 13.2 Å². The highest BCUT2D eigenvalue weighted by Gasteiger charge is 2.36.